The summed E-state index contributed by atoms with van der Waals surface area (Å²) in [7, 11) is 0. The van der Waals surface area contributed by atoms with E-state index >= 15 is 0 Å². The van der Waals surface area contributed by atoms with Gasteiger partial charge in [0.15, 0.2) is 0 Å². The van der Waals surface area contributed by atoms with E-state index in [1.54, 1.807) is 0 Å². The highest BCUT2D eigenvalue weighted by Gasteiger charge is 2.28. The molecule has 1 heterocycles. The monoisotopic (exact) mass is 358 g/mol. The van der Waals surface area contributed by atoms with Crippen molar-refractivity contribution in [3.05, 3.63) is 64.7 Å². The topological polar surface area (TPSA) is 46.3 Å². The maximum Gasteiger partial charge on any atom is 0.227 e. The van der Waals surface area contributed by atoms with Gasteiger partial charge in [0.2, 0.25) is 5.91 Å². The number of nitrogens with zero attached hydrogens (tertiary/aromatic N) is 1. The quantitative estimate of drug-likeness (QED) is 0.815. The van der Waals surface area contributed by atoms with E-state index in [4.69, 9.17) is 5.73 Å². The molecule has 0 bridgehead atoms. The lowest BCUT2D eigenvalue weighted by atomic mass is 9.90. The summed E-state index contributed by atoms with van der Waals surface area (Å²) in [5.74, 6) is 0.213. The SMILES string of the molecule is Cc1cccc(C2CCCCN2C(=O)Cc2ccc(N)cc2)c1C.Cl. The molecule has 3 rings (SSSR count). The van der Waals surface area contributed by atoms with Crippen LogP contribution in [0.4, 0.5) is 5.69 Å². The third-order valence-corrected chi connectivity index (χ3v) is 5.16. The molecule has 134 valence electrons. The van der Waals surface area contributed by atoms with Crippen molar-refractivity contribution in [3.63, 3.8) is 0 Å². The van der Waals surface area contributed by atoms with E-state index in [1.807, 2.05) is 24.3 Å². The number of carbonyl (C=O) groups excluding carboxylic acids is 1. The van der Waals surface area contributed by atoms with Gasteiger partial charge in [-0.25, -0.2) is 0 Å². The standard InChI is InChI=1S/C21H26N2O.ClH/c1-15-6-5-7-19(16(15)2)20-8-3-4-13-23(20)21(24)14-17-9-11-18(22)12-10-17;/h5-7,9-12,20H,3-4,8,13-14,22H2,1-2H3;1H. The van der Waals surface area contributed by atoms with E-state index in [-0.39, 0.29) is 24.4 Å². The summed E-state index contributed by atoms with van der Waals surface area (Å²) < 4.78 is 0. The van der Waals surface area contributed by atoms with Crippen LogP contribution < -0.4 is 5.73 Å². The lowest BCUT2D eigenvalue weighted by Crippen LogP contribution is -2.39. The molecule has 3 nitrogen and oxygen atoms in total. The van der Waals surface area contributed by atoms with Crippen molar-refractivity contribution in [1.29, 1.82) is 0 Å². The molecule has 0 spiro atoms. The molecule has 1 atom stereocenters. The van der Waals surface area contributed by atoms with Gasteiger partial charge in [-0.1, -0.05) is 30.3 Å². The molecule has 0 aromatic heterocycles. The van der Waals surface area contributed by atoms with Crippen LogP contribution in [0.3, 0.4) is 0 Å². The molecule has 2 N–H and O–H groups in total. The highest BCUT2D eigenvalue weighted by atomic mass is 35.5. The van der Waals surface area contributed by atoms with Crippen LogP contribution in [0.25, 0.3) is 0 Å². The molecule has 2 aromatic rings. The average molecular weight is 359 g/mol. The highest BCUT2D eigenvalue weighted by molar-refractivity contribution is 5.85. The summed E-state index contributed by atoms with van der Waals surface area (Å²) in [5.41, 5.74) is 11.4. The Hall–Kier alpha value is -2.00. The van der Waals surface area contributed by atoms with Gasteiger partial charge in [-0.2, -0.15) is 0 Å². The van der Waals surface area contributed by atoms with Gasteiger partial charge in [0, 0.05) is 12.2 Å². The fourth-order valence-corrected chi connectivity index (χ4v) is 3.60. The molecule has 0 saturated carbocycles. The van der Waals surface area contributed by atoms with Crippen molar-refractivity contribution in [2.75, 3.05) is 12.3 Å². The van der Waals surface area contributed by atoms with Crippen LogP contribution in [0.15, 0.2) is 42.5 Å². The molecule has 1 unspecified atom stereocenters. The number of amides is 1. The number of anilines is 1. The summed E-state index contributed by atoms with van der Waals surface area (Å²) in [6, 6.07) is 14.3. The maximum atomic E-state index is 12.9. The first-order chi connectivity index (χ1) is 11.6. The van der Waals surface area contributed by atoms with Crippen molar-refractivity contribution in [1.82, 2.24) is 4.90 Å². The Morgan fingerprint density at radius 1 is 1.12 bits per heavy atom. The molecule has 4 heteroatoms. The van der Waals surface area contributed by atoms with Gasteiger partial charge in [-0.15, -0.1) is 12.4 Å². The number of halogens is 1. The minimum Gasteiger partial charge on any atom is -0.399 e. The number of rotatable bonds is 3. The van der Waals surface area contributed by atoms with E-state index in [2.05, 4.69) is 36.9 Å². The van der Waals surface area contributed by atoms with Gasteiger partial charge in [0.1, 0.15) is 0 Å². The van der Waals surface area contributed by atoms with Crippen LogP contribution in [0.5, 0.6) is 0 Å². The highest BCUT2D eigenvalue weighted by Crippen LogP contribution is 2.34. The molecule has 1 saturated heterocycles. The number of hydrogen-bond donors (Lipinski definition) is 1. The van der Waals surface area contributed by atoms with E-state index in [0.717, 1.165) is 30.6 Å². The lowest BCUT2D eigenvalue weighted by molar-refractivity contribution is -0.134. The molecule has 1 aliphatic rings. The second-order valence-corrected chi connectivity index (χ2v) is 6.81. The van der Waals surface area contributed by atoms with Crippen LogP contribution >= 0.6 is 12.4 Å². The van der Waals surface area contributed by atoms with E-state index in [9.17, 15) is 4.79 Å². The number of piperidine rings is 1. The predicted octanol–water partition coefficient (Wildman–Crippen LogP) is 4.60. The summed E-state index contributed by atoms with van der Waals surface area (Å²) >= 11 is 0. The number of aryl methyl sites for hydroxylation is 1. The first-order valence-corrected chi connectivity index (χ1v) is 8.76. The van der Waals surface area contributed by atoms with Gasteiger partial charge in [-0.05, 0) is 67.5 Å². The smallest absolute Gasteiger partial charge is 0.227 e. The van der Waals surface area contributed by atoms with E-state index in [1.165, 1.54) is 23.1 Å². The van der Waals surface area contributed by atoms with Crippen molar-refractivity contribution in [2.45, 2.75) is 45.6 Å². The van der Waals surface area contributed by atoms with Crippen molar-refractivity contribution in [2.24, 2.45) is 0 Å². The molecule has 2 aromatic carbocycles. The number of nitrogen functional groups attached to an aromatic ring is 1. The van der Waals surface area contributed by atoms with Crippen LogP contribution in [-0.4, -0.2) is 17.4 Å². The second kappa shape index (κ2) is 8.39. The summed E-state index contributed by atoms with van der Waals surface area (Å²) in [5, 5.41) is 0. The number of carbonyl (C=O) groups is 1. The Balaban J connectivity index is 0.00000225. The Kier molecular flexibility index (Phi) is 6.49. The zero-order chi connectivity index (χ0) is 17.1. The van der Waals surface area contributed by atoms with E-state index in [0.29, 0.717) is 6.42 Å². The van der Waals surface area contributed by atoms with Gasteiger partial charge in [0.25, 0.3) is 0 Å². The summed E-state index contributed by atoms with van der Waals surface area (Å²) in [6.07, 6.45) is 3.78. The number of nitrogens with two attached hydrogens (primary N) is 1. The van der Waals surface area contributed by atoms with Gasteiger partial charge >= 0.3 is 0 Å². The third-order valence-electron chi connectivity index (χ3n) is 5.16. The van der Waals surface area contributed by atoms with Crippen molar-refractivity contribution < 1.29 is 4.79 Å². The predicted molar refractivity (Wildman–Crippen MR) is 106 cm³/mol. The minimum absolute atomic E-state index is 0. The van der Waals surface area contributed by atoms with E-state index < -0.39 is 0 Å². The van der Waals surface area contributed by atoms with Gasteiger partial charge in [0.05, 0.1) is 12.5 Å². The Labute approximate surface area is 156 Å². The Morgan fingerprint density at radius 3 is 2.56 bits per heavy atom. The second-order valence-electron chi connectivity index (χ2n) is 6.81. The molecular formula is C21H27ClN2O. The molecular weight excluding hydrogens is 332 g/mol. The van der Waals surface area contributed by atoms with Crippen molar-refractivity contribution in [3.8, 4) is 0 Å². The molecule has 1 aliphatic heterocycles. The average Bonchev–Trinajstić information content (AvgIpc) is 2.59. The van der Waals surface area contributed by atoms with Crippen LogP contribution in [0, 0.1) is 13.8 Å². The largest absolute Gasteiger partial charge is 0.399 e. The molecule has 1 fully saturated rings. The molecule has 1 amide bonds. The maximum absolute atomic E-state index is 12.9. The fourth-order valence-electron chi connectivity index (χ4n) is 3.60. The van der Waals surface area contributed by atoms with Crippen molar-refractivity contribution >= 4 is 24.0 Å². The first-order valence-electron chi connectivity index (χ1n) is 8.76. The Morgan fingerprint density at radius 2 is 1.84 bits per heavy atom. The van der Waals surface area contributed by atoms with Crippen LogP contribution in [-0.2, 0) is 11.2 Å². The number of hydrogen-bond acceptors (Lipinski definition) is 2. The fraction of sp³-hybridized carbons (Fsp3) is 0.381. The summed E-state index contributed by atoms with van der Waals surface area (Å²) in [4.78, 5) is 15.0. The third kappa shape index (κ3) is 4.35. The van der Waals surface area contributed by atoms with Gasteiger partial charge < -0.3 is 10.6 Å². The van der Waals surface area contributed by atoms with Crippen LogP contribution in [0.2, 0.25) is 0 Å². The number of benzene rings is 2. The minimum atomic E-state index is 0. The zero-order valence-electron chi connectivity index (χ0n) is 15.0. The molecule has 0 aliphatic carbocycles. The summed E-state index contributed by atoms with van der Waals surface area (Å²) in [6.45, 7) is 5.16. The first kappa shape index (κ1) is 19.3. The van der Waals surface area contributed by atoms with Crippen LogP contribution in [0.1, 0.15) is 47.6 Å². The molecule has 0 radical (unpaired) electrons. The Bertz CT molecular complexity index is 727. The lowest BCUT2D eigenvalue weighted by Gasteiger charge is -2.37. The zero-order valence-corrected chi connectivity index (χ0v) is 15.8. The normalized spacial score (nSPS) is 17.0. The van der Waals surface area contributed by atoms with Gasteiger partial charge in [-0.3, -0.25) is 4.79 Å². The molecule has 25 heavy (non-hydrogen) atoms. The number of likely N-dealkylation sites (tertiary alicyclic amines) is 1.